The Morgan fingerprint density at radius 1 is 1.18 bits per heavy atom. The minimum absolute atomic E-state index is 0.167. The van der Waals surface area contributed by atoms with Crippen LogP contribution in [0, 0.1) is 5.41 Å². The van der Waals surface area contributed by atoms with Crippen LogP contribution >= 0.6 is 0 Å². The van der Waals surface area contributed by atoms with Gasteiger partial charge in [0.25, 0.3) is 0 Å². The zero-order valence-electron chi connectivity index (χ0n) is 15.2. The summed E-state index contributed by atoms with van der Waals surface area (Å²) in [5.41, 5.74) is 1.39. The van der Waals surface area contributed by atoms with Crippen LogP contribution in [0.25, 0.3) is 0 Å². The van der Waals surface area contributed by atoms with Crippen LogP contribution in [0.2, 0.25) is 0 Å². The molecule has 1 N–H and O–H groups in total. The number of piperidine rings is 1. The zero-order chi connectivity index (χ0) is 19.9. The molecule has 1 saturated heterocycles. The SMILES string of the molecule is O=C(O)c1ccccc1C1CC12CCN(Cc1ccc(C(F)(F)F)nc1)CC2. The summed E-state index contributed by atoms with van der Waals surface area (Å²) in [5.74, 6) is -0.598. The summed E-state index contributed by atoms with van der Waals surface area (Å²) >= 11 is 0. The monoisotopic (exact) mass is 390 g/mol. The maximum Gasteiger partial charge on any atom is 0.433 e. The average Bonchev–Trinajstić information content (AvgIpc) is 3.37. The Morgan fingerprint density at radius 3 is 2.50 bits per heavy atom. The van der Waals surface area contributed by atoms with Crippen molar-refractivity contribution in [2.45, 2.75) is 37.9 Å². The lowest BCUT2D eigenvalue weighted by Gasteiger charge is -2.33. The number of aromatic carboxylic acids is 1. The fourth-order valence-electron chi connectivity index (χ4n) is 4.44. The smallest absolute Gasteiger partial charge is 0.433 e. The first-order valence-corrected chi connectivity index (χ1v) is 9.35. The van der Waals surface area contributed by atoms with Crippen LogP contribution in [0.15, 0.2) is 42.6 Å². The first-order chi connectivity index (χ1) is 13.3. The van der Waals surface area contributed by atoms with Crippen molar-refractivity contribution in [3.05, 3.63) is 65.0 Å². The van der Waals surface area contributed by atoms with E-state index < -0.39 is 17.8 Å². The molecule has 148 valence electrons. The van der Waals surface area contributed by atoms with Gasteiger partial charge in [0.2, 0.25) is 0 Å². The van der Waals surface area contributed by atoms with Gasteiger partial charge >= 0.3 is 12.1 Å². The molecule has 1 aliphatic carbocycles. The number of alkyl halides is 3. The van der Waals surface area contributed by atoms with E-state index in [4.69, 9.17) is 0 Å². The molecule has 1 aliphatic heterocycles. The van der Waals surface area contributed by atoms with E-state index in [1.165, 1.54) is 12.3 Å². The van der Waals surface area contributed by atoms with Crippen LogP contribution in [-0.4, -0.2) is 34.0 Å². The number of carbonyl (C=O) groups is 1. The second-order valence-corrected chi connectivity index (χ2v) is 7.84. The van der Waals surface area contributed by atoms with E-state index in [1.807, 2.05) is 12.1 Å². The summed E-state index contributed by atoms with van der Waals surface area (Å²) in [6, 6.07) is 9.74. The molecule has 7 heteroatoms. The maximum atomic E-state index is 12.6. The van der Waals surface area contributed by atoms with E-state index in [2.05, 4.69) is 9.88 Å². The number of likely N-dealkylation sites (tertiary alicyclic amines) is 1. The highest BCUT2D eigenvalue weighted by Crippen LogP contribution is 2.65. The Morgan fingerprint density at radius 2 is 1.89 bits per heavy atom. The van der Waals surface area contributed by atoms with Crippen molar-refractivity contribution in [2.75, 3.05) is 13.1 Å². The van der Waals surface area contributed by atoms with Crippen LogP contribution in [0.4, 0.5) is 13.2 Å². The van der Waals surface area contributed by atoms with Crippen molar-refractivity contribution in [2.24, 2.45) is 5.41 Å². The molecule has 1 unspecified atom stereocenters. The van der Waals surface area contributed by atoms with Gasteiger partial charge in [-0.15, -0.1) is 0 Å². The Bertz CT molecular complexity index is 872. The molecule has 4 nitrogen and oxygen atoms in total. The van der Waals surface area contributed by atoms with Gasteiger partial charge in [-0.2, -0.15) is 13.2 Å². The zero-order valence-corrected chi connectivity index (χ0v) is 15.2. The molecular weight excluding hydrogens is 369 g/mol. The Hall–Kier alpha value is -2.41. The van der Waals surface area contributed by atoms with Gasteiger partial charge in [0.05, 0.1) is 5.56 Å². The molecular formula is C21H21F3N2O2. The number of halogens is 3. The molecule has 1 aromatic carbocycles. The number of rotatable bonds is 4. The second-order valence-electron chi connectivity index (χ2n) is 7.84. The molecule has 0 radical (unpaired) electrons. The summed E-state index contributed by atoms with van der Waals surface area (Å²) in [6.45, 7) is 2.29. The fourth-order valence-corrected chi connectivity index (χ4v) is 4.44. The van der Waals surface area contributed by atoms with Gasteiger partial charge < -0.3 is 5.11 Å². The van der Waals surface area contributed by atoms with Crippen LogP contribution in [0.5, 0.6) is 0 Å². The fraction of sp³-hybridized carbons (Fsp3) is 0.429. The van der Waals surface area contributed by atoms with Crippen LogP contribution in [0.3, 0.4) is 0 Å². The number of carboxylic acid groups (broad SMARTS) is 1. The predicted molar refractivity (Wildman–Crippen MR) is 96.9 cm³/mol. The Labute approximate surface area is 161 Å². The number of pyridine rings is 1. The van der Waals surface area contributed by atoms with E-state index in [9.17, 15) is 23.1 Å². The van der Waals surface area contributed by atoms with Gasteiger partial charge in [0.1, 0.15) is 5.69 Å². The summed E-state index contributed by atoms with van der Waals surface area (Å²) in [7, 11) is 0. The molecule has 28 heavy (non-hydrogen) atoms. The molecule has 2 heterocycles. The van der Waals surface area contributed by atoms with E-state index >= 15 is 0 Å². The lowest BCUT2D eigenvalue weighted by atomic mass is 9.87. The maximum absolute atomic E-state index is 12.6. The third-order valence-electron chi connectivity index (χ3n) is 6.13. The molecule has 1 saturated carbocycles. The molecule has 2 aliphatic rings. The molecule has 0 amide bonds. The number of carboxylic acids is 1. The number of nitrogens with zero attached hydrogens (tertiary/aromatic N) is 2. The van der Waals surface area contributed by atoms with Gasteiger partial charge in [0, 0.05) is 12.7 Å². The Kier molecular flexibility index (Phi) is 4.65. The number of aromatic nitrogens is 1. The second kappa shape index (κ2) is 6.88. The third kappa shape index (κ3) is 3.63. The van der Waals surface area contributed by atoms with Crippen molar-refractivity contribution in [3.63, 3.8) is 0 Å². The lowest BCUT2D eigenvalue weighted by molar-refractivity contribution is -0.141. The first-order valence-electron chi connectivity index (χ1n) is 9.35. The van der Waals surface area contributed by atoms with Crippen molar-refractivity contribution >= 4 is 5.97 Å². The third-order valence-corrected chi connectivity index (χ3v) is 6.13. The highest BCUT2D eigenvalue weighted by Gasteiger charge is 2.56. The van der Waals surface area contributed by atoms with Crippen molar-refractivity contribution in [1.29, 1.82) is 0 Å². The molecule has 2 fully saturated rings. The number of hydrogen-bond acceptors (Lipinski definition) is 3. The van der Waals surface area contributed by atoms with Crippen molar-refractivity contribution in [1.82, 2.24) is 9.88 Å². The largest absolute Gasteiger partial charge is 0.478 e. The van der Waals surface area contributed by atoms with Crippen LogP contribution in [0.1, 0.15) is 52.4 Å². The van der Waals surface area contributed by atoms with Crippen LogP contribution < -0.4 is 0 Å². The lowest BCUT2D eigenvalue weighted by Crippen LogP contribution is -2.34. The summed E-state index contributed by atoms with van der Waals surface area (Å²) < 4.78 is 37.8. The molecule has 1 atom stereocenters. The summed E-state index contributed by atoms with van der Waals surface area (Å²) in [6.07, 6.45) is -0.161. The van der Waals surface area contributed by atoms with E-state index in [0.717, 1.165) is 49.5 Å². The quantitative estimate of drug-likeness (QED) is 0.831. The average molecular weight is 390 g/mol. The van der Waals surface area contributed by atoms with Gasteiger partial charge in [-0.1, -0.05) is 24.3 Å². The van der Waals surface area contributed by atoms with E-state index in [0.29, 0.717) is 12.1 Å². The molecule has 4 rings (SSSR count). The standard InChI is InChI=1S/C21H21F3N2O2/c22-21(23,24)18-6-5-14(12-25-18)13-26-9-7-20(8-10-26)11-17(20)15-3-1-2-4-16(15)19(27)28/h1-6,12,17H,7-11,13H2,(H,27,28). The minimum atomic E-state index is -4.41. The summed E-state index contributed by atoms with van der Waals surface area (Å²) in [5, 5.41) is 9.42. The topological polar surface area (TPSA) is 53.4 Å². The van der Waals surface area contributed by atoms with E-state index in [-0.39, 0.29) is 11.3 Å². The minimum Gasteiger partial charge on any atom is -0.478 e. The summed E-state index contributed by atoms with van der Waals surface area (Å²) in [4.78, 5) is 17.2. The van der Waals surface area contributed by atoms with Crippen molar-refractivity contribution < 1.29 is 23.1 Å². The first kappa shape index (κ1) is 18.9. The molecule has 1 aromatic heterocycles. The highest BCUT2D eigenvalue weighted by molar-refractivity contribution is 5.89. The molecule has 1 spiro atoms. The number of hydrogen-bond donors (Lipinski definition) is 1. The molecule has 0 bridgehead atoms. The van der Waals surface area contributed by atoms with Gasteiger partial charge in [0.15, 0.2) is 0 Å². The van der Waals surface area contributed by atoms with Gasteiger partial charge in [-0.3, -0.25) is 9.88 Å². The molecule has 2 aromatic rings. The normalized spacial score (nSPS) is 21.6. The predicted octanol–water partition coefficient (Wildman–Crippen LogP) is 4.57. The highest BCUT2D eigenvalue weighted by atomic mass is 19.4. The number of benzene rings is 1. The van der Waals surface area contributed by atoms with Crippen LogP contribution in [-0.2, 0) is 12.7 Å². The van der Waals surface area contributed by atoms with Gasteiger partial charge in [-0.05, 0) is 66.9 Å². The van der Waals surface area contributed by atoms with E-state index in [1.54, 1.807) is 12.1 Å². The van der Waals surface area contributed by atoms with Gasteiger partial charge in [-0.25, -0.2) is 4.79 Å². The Balaban J connectivity index is 1.37. The van der Waals surface area contributed by atoms with Crippen molar-refractivity contribution in [3.8, 4) is 0 Å².